The summed E-state index contributed by atoms with van der Waals surface area (Å²) in [6.07, 6.45) is 11.5. The average Bonchev–Trinajstić information content (AvgIpc) is 3.01. The van der Waals surface area contributed by atoms with E-state index in [-0.39, 0.29) is 11.9 Å². The van der Waals surface area contributed by atoms with E-state index < -0.39 is 0 Å². The molecule has 4 rings (SSSR count). The Labute approximate surface area is 186 Å². The lowest BCUT2D eigenvalue weighted by atomic mass is 9.85. The highest BCUT2D eigenvalue weighted by Gasteiger charge is 2.30. The van der Waals surface area contributed by atoms with E-state index in [1.165, 1.54) is 67.8 Å². The first kappa shape index (κ1) is 23.1. The van der Waals surface area contributed by atoms with Crippen molar-refractivity contribution < 1.29 is 4.79 Å². The van der Waals surface area contributed by atoms with Gasteiger partial charge < -0.3 is 5.73 Å². The smallest absolute Gasteiger partial charge is 0.253 e. The summed E-state index contributed by atoms with van der Waals surface area (Å²) in [6.45, 7) is 4.82. The number of guanidine groups is 1. The van der Waals surface area contributed by atoms with Gasteiger partial charge in [-0.15, -0.1) is 0 Å². The number of benzene rings is 1. The van der Waals surface area contributed by atoms with Gasteiger partial charge in [-0.1, -0.05) is 57.2 Å². The van der Waals surface area contributed by atoms with E-state index in [4.69, 9.17) is 5.73 Å². The second-order valence-corrected chi connectivity index (χ2v) is 10.2. The van der Waals surface area contributed by atoms with E-state index >= 15 is 0 Å². The standard InChI is InChI=1S/C12H21N3O.C12H17NS/c1-15-11(16)10(14-12(15)13)8-7-9-5-3-2-4-6-9;1-11-6-5-9-13(10-11)14-12-7-3-2-4-8-12/h9-10H,2-8H2,1H3,(H2,13,14);2-4,7-8,11H,5-6,9-10H2,1H3. The molecule has 1 saturated carbocycles. The minimum absolute atomic E-state index is 0.0632. The van der Waals surface area contributed by atoms with Crippen LogP contribution in [0, 0.1) is 11.8 Å². The van der Waals surface area contributed by atoms with Crippen LogP contribution in [0.15, 0.2) is 40.2 Å². The number of hydrogen-bond acceptors (Lipinski definition) is 5. The average molecular weight is 431 g/mol. The predicted molar refractivity (Wildman–Crippen MR) is 126 cm³/mol. The largest absolute Gasteiger partial charge is 0.369 e. The zero-order valence-electron chi connectivity index (χ0n) is 18.6. The lowest BCUT2D eigenvalue weighted by Gasteiger charge is -2.29. The fraction of sp³-hybridized carbons (Fsp3) is 0.667. The Kier molecular flexibility index (Phi) is 9.06. The molecule has 5 nitrogen and oxygen atoms in total. The summed E-state index contributed by atoms with van der Waals surface area (Å²) in [5, 5.41) is 0. The molecule has 0 radical (unpaired) electrons. The van der Waals surface area contributed by atoms with Crippen molar-refractivity contribution in [2.24, 2.45) is 22.6 Å². The normalized spacial score (nSPS) is 25.6. The molecule has 1 aromatic rings. The molecule has 2 N–H and O–H groups in total. The number of amides is 1. The maximum absolute atomic E-state index is 11.7. The molecule has 0 spiro atoms. The summed E-state index contributed by atoms with van der Waals surface area (Å²) in [6, 6.07) is 10.5. The summed E-state index contributed by atoms with van der Waals surface area (Å²) in [7, 11) is 1.70. The van der Waals surface area contributed by atoms with Crippen LogP contribution < -0.4 is 5.73 Å². The number of carbonyl (C=O) groups excluding carboxylic acids is 1. The molecule has 2 fully saturated rings. The van der Waals surface area contributed by atoms with Crippen LogP contribution in [0.1, 0.15) is 64.7 Å². The monoisotopic (exact) mass is 430 g/mol. The van der Waals surface area contributed by atoms with Gasteiger partial charge in [0.25, 0.3) is 5.91 Å². The van der Waals surface area contributed by atoms with Crippen LogP contribution in [-0.4, -0.2) is 47.3 Å². The van der Waals surface area contributed by atoms with Gasteiger partial charge in [0.15, 0.2) is 5.96 Å². The van der Waals surface area contributed by atoms with Crippen molar-refractivity contribution in [2.75, 3.05) is 20.1 Å². The van der Waals surface area contributed by atoms with Crippen LogP contribution in [0.5, 0.6) is 0 Å². The fourth-order valence-corrected chi connectivity index (χ4v) is 5.68. The molecule has 2 aliphatic heterocycles. The molecule has 1 aromatic carbocycles. The second kappa shape index (κ2) is 11.8. The van der Waals surface area contributed by atoms with Gasteiger partial charge in [-0.05, 0) is 61.6 Å². The molecule has 0 aromatic heterocycles. The van der Waals surface area contributed by atoms with Gasteiger partial charge in [0, 0.05) is 25.0 Å². The summed E-state index contributed by atoms with van der Waals surface area (Å²) >= 11 is 1.90. The van der Waals surface area contributed by atoms with Gasteiger partial charge >= 0.3 is 0 Å². The van der Waals surface area contributed by atoms with Crippen molar-refractivity contribution in [3.8, 4) is 0 Å². The molecule has 2 atom stereocenters. The molecule has 3 aliphatic rings. The molecule has 6 heteroatoms. The molecule has 166 valence electrons. The Morgan fingerprint density at radius 2 is 1.80 bits per heavy atom. The summed E-state index contributed by atoms with van der Waals surface area (Å²) < 4.78 is 2.49. The van der Waals surface area contributed by atoms with Gasteiger partial charge in [-0.25, -0.2) is 9.30 Å². The zero-order valence-corrected chi connectivity index (χ0v) is 19.4. The Morgan fingerprint density at radius 3 is 2.43 bits per heavy atom. The third-order valence-corrected chi connectivity index (χ3v) is 7.49. The van der Waals surface area contributed by atoms with Crippen molar-refractivity contribution in [2.45, 2.75) is 75.6 Å². The highest BCUT2D eigenvalue weighted by Crippen LogP contribution is 2.29. The summed E-state index contributed by atoms with van der Waals surface area (Å²) in [5.74, 6) is 2.11. The molecular formula is C24H38N4OS. The molecule has 0 bridgehead atoms. The lowest BCUT2D eigenvalue weighted by molar-refractivity contribution is -0.126. The highest BCUT2D eigenvalue weighted by atomic mass is 32.2. The number of aliphatic imine (C=N–C) groups is 1. The Balaban J connectivity index is 0.000000172. The molecule has 2 unspecified atom stereocenters. The van der Waals surface area contributed by atoms with E-state index in [9.17, 15) is 4.79 Å². The van der Waals surface area contributed by atoms with Crippen molar-refractivity contribution >= 4 is 23.8 Å². The van der Waals surface area contributed by atoms with Gasteiger partial charge in [0.1, 0.15) is 6.04 Å². The van der Waals surface area contributed by atoms with E-state index in [1.807, 2.05) is 11.9 Å². The number of hydrogen-bond donors (Lipinski definition) is 1. The molecule has 30 heavy (non-hydrogen) atoms. The van der Waals surface area contributed by atoms with Crippen LogP contribution in [0.3, 0.4) is 0 Å². The SMILES string of the molecule is CC1CCCN(Sc2ccccc2)C1.CN1C(=O)C(CCC2CCCCC2)N=C1N. The van der Waals surface area contributed by atoms with Crippen molar-refractivity contribution in [1.29, 1.82) is 0 Å². The van der Waals surface area contributed by atoms with Gasteiger partial charge in [-0.3, -0.25) is 9.69 Å². The minimum Gasteiger partial charge on any atom is -0.369 e. The van der Waals surface area contributed by atoms with Crippen LogP contribution in [0.25, 0.3) is 0 Å². The number of rotatable bonds is 5. The fourth-order valence-electron chi connectivity index (χ4n) is 4.55. The highest BCUT2D eigenvalue weighted by molar-refractivity contribution is 7.97. The van der Waals surface area contributed by atoms with Crippen molar-refractivity contribution in [3.05, 3.63) is 30.3 Å². The first-order chi connectivity index (χ1) is 14.5. The van der Waals surface area contributed by atoms with Crippen LogP contribution in [-0.2, 0) is 4.79 Å². The molecular weight excluding hydrogens is 392 g/mol. The van der Waals surface area contributed by atoms with Crippen molar-refractivity contribution in [1.82, 2.24) is 9.21 Å². The van der Waals surface area contributed by atoms with Crippen LogP contribution in [0.4, 0.5) is 0 Å². The number of carbonyl (C=O) groups is 1. The first-order valence-corrected chi connectivity index (χ1v) is 12.4. The number of piperidine rings is 1. The molecule has 2 heterocycles. The Bertz CT molecular complexity index is 690. The summed E-state index contributed by atoms with van der Waals surface area (Å²) in [5.41, 5.74) is 5.62. The van der Waals surface area contributed by atoms with E-state index in [0.29, 0.717) is 5.96 Å². The molecule has 1 amide bonds. The van der Waals surface area contributed by atoms with Crippen LogP contribution >= 0.6 is 11.9 Å². The second-order valence-electron chi connectivity index (χ2n) is 9.02. The third-order valence-electron chi connectivity index (χ3n) is 6.42. The Morgan fingerprint density at radius 1 is 1.07 bits per heavy atom. The predicted octanol–water partition coefficient (Wildman–Crippen LogP) is 4.93. The first-order valence-electron chi connectivity index (χ1n) is 11.6. The Hall–Kier alpha value is -1.53. The quantitative estimate of drug-likeness (QED) is 0.673. The van der Waals surface area contributed by atoms with E-state index in [0.717, 1.165) is 24.7 Å². The van der Waals surface area contributed by atoms with Crippen LogP contribution in [0.2, 0.25) is 0 Å². The molecule has 1 saturated heterocycles. The number of likely N-dealkylation sites (N-methyl/N-ethyl adjacent to an activating group) is 1. The van der Waals surface area contributed by atoms with Gasteiger partial charge in [0.2, 0.25) is 0 Å². The maximum atomic E-state index is 11.7. The minimum atomic E-state index is -0.202. The maximum Gasteiger partial charge on any atom is 0.253 e. The van der Waals surface area contributed by atoms with E-state index in [1.54, 1.807) is 7.05 Å². The number of nitrogens with two attached hydrogens (primary N) is 1. The lowest BCUT2D eigenvalue weighted by Crippen LogP contribution is -2.35. The number of nitrogens with zero attached hydrogens (tertiary/aromatic N) is 3. The summed E-state index contributed by atoms with van der Waals surface area (Å²) in [4.78, 5) is 18.8. The third kappa shape index (κ3) is 7.02. The van der Waals surface area contributed by atoms with E-state index in [2.05, 4.69) is 46.6 Å². The van der Waals surface area contributed by atoms with Gasteiger partial charge in [-0.2, -0.15) is 0 Å². The van der Waals surface area contributed by atoms with Crippen molar-refractivity contribution in [3.63, 3.8) is 0 Å². The zero-order chi connectivity index (χ0) is 21.3. The topological polar surface area (TPSA) is 61.9 Å². The molecule has 1 aliphatic carbocycles. The van der Waals surface area contributed by atoms with Gasteiger partial charge in [0.05, 0.1) is 0 Å².